The van der Waals surface area contributed by atoms with Crippen LogP contribution in [0.15, 0.2) is 47.1 Å². The van der Waals surface area contributed by atoms with Gasteiger partial charge in [0.25, 0.3) is 0 Å². The fourth-order valence-corrected chi connectivity index (χ4v) is 1.95. The summed E-state index contributed by atoms with van der Waals surface area (Å²) in [5.41, 5.74) is 2.42. The number of rotatable bonds is 5. The minimum atomic E-state index is -0.270. The molecule has 0 atom stereocenters. The number of hydrogen-bond acceptors (Lipinski definition) is 3. The van der Waals surface area contributed by atoms with Gasteiger partial charge in [-0.25, -0.2) is 4.79 Å². The number of carbonyl (C=O) groups excluding carboxylic acids is 1. The first-order valence-electron chi connectivity index (χ1n) is 6.60. The molecular weight excluding hydrogens is 318 g/mol. The summed E-state index contributed by atoms with van der Waals surface area (Å²) in [7, 11) is 0. The predicted molar refractivity (Wildman–Crippen MR) is 82.6 cm³/mol. The lowest BCUT2D eigenvalue weighted by Gasteiger charge is -2.05. The van der Waals surface area contributed by atoms with E-state index in [0.29, 0.717) is 12.2 Å². The Kier molecular flexibility index (Phi) is 5.30. The van der Waals surface area contributed by atoms with Crippen molar-refractivity contribution < 1.29 is 9.53 Å². The van der Waals surface area contributed by atoms with Crippen LogP contribution >= 0.6 is 15.9 Å². The van der Waals surface area contributed by atoms with Gasteiger partial charge in [-0.1, -0.05) is 25.5 Å². The Balaban J connectivity index is 2.06. The Labute approximate surface area is 127 Å². The lowest BCUT2D eigenvalue weighted by Crippen LogP contribution is -2.06. The number of hydrogen-bond donors (Lipinski definition) is 0. The highest BCUT2D eigenvalue weighted by Gasteiger charge is 2.07. The number of nitrogens with zero attached hydrogens (tertiary/aromatic N) is 1. The Morgan fingerprint density at radius 1 is 1.20 bits per heavy atom. The number of unbranched alkanes of at least 4 members (excludes halogenated alkanes) is 1. The second-order valence-electron chi connectivity index (χ2n) is 4.43. The van der Waals surface area contributed by atoms with Crippen molar-refractivity contribution in [2.24, 2.45) is 0 Å². The summed E-state index contributed by atoms with van der Waals surface area (Å²) in [5.74, 6) is -0.270. The van der Waals surface area contributed by atoms with Crippen molar-refractivity contribution in [3.8, 4) is 11.3 Å². The molecule has 0 aliphatic rings. The summed E-state index contributed by atoms with van der Waals surface area (Å²) in [6.45, 7) is 2.54. The van der Waals surface area contributed by atoms with Gasteiger partial charge in [0.15, 0.2) is 0 Å². The van der Waals surface area contributed by atoms with Gasteiger partial charge < -0.3 is 4.74 Å². The van der Waals surface area contributed by atoms with Gasteiger partial charge in [-0.3, -0.25) is 4.98 Å². The van der Waals surface area contributed by atoms with E-state index in [4.69, 9.17) is 4.74 Å². The maximum absolute atomic E-state index is 11.8. The van der Waals surface area contributed by atoms with E-state index in [2.05, 4.69) is 27.8 Å². The van der Waals surface area contributed by atoms with Crippen molar-refractivity contribution in [2.75, 3.05) is 6.61 Å². The van der Waals surface area contributed by atoms with Crippen molar-refractivity contribution in [1.29, 1.82) is 0 Å². The molecule has 20 heavy (non-hydrogen) atoms. The summed E-state index contributed by atoms with van der Waals surface area (Å²) in [6.07, 6.45) is 3.66. The van der Waals surface area contributed by atoms with Crippen LogP contribution in [0.1, 0.15) is 30.1 Å². The van der Waals surface area contributed by atoms with Crippen LogP contribution in [-0.2, 0) is 4.74 Å². The van der Waals surface area contributed by atoms with E-state index in [-0.39, 0.29) is 5.97 Å². The molecule has 1 heterocycles. The zero-order valence-corrected chi connectivity index (χ0v) is 12.9. The molecular formula is C16H16BrNO2. The second-order valence-corrected chi connectivity index (χ2v) is 5.34. The van der Waals surface area contributed by atoms with Crippen LogP contribution in [0, 0.1) is 0 Å². The van der Waals surface area contributed by atoms with Crippen molar-refractivity contribution in [2.45, 2.75) is 19.8 Å². The van der Waals surface area contributed by atoms with Crippen LogP contribution in [-0.4, -0.2) is 17.6 Å². The lowest BCUT2D eigenvalue weighted by molar-refractivity contribution is 0.0500. The van der Waals surface area contributed by atoms with Crippen LogP contribution in [0.2, 0.25) is 0 Å². The first-order chi connectivity index (χ1) is 9.70. The Bertz CT molecular complexity index is 564. The highest BCUT2D eigenvalue weighted by atomic mass is 79.9. The molecule has 0 unspecified atom stereocenters. The average Bonchev–Trinajstić information content (AvgIpc) is 2.48. The summed E-state index contributed by atoms with van der Waals surface area (Å²) >= 11 is 3.35. The molecule has 0 aliphatic carbocycles. The van der Waals surface area contributed by atoms with Gasteiger partial charge in [0.05, 0.1) is 17.9 Å². The summed E-state index contributed by atoms with van der Waals surface area (Å²) in [4.78, 5) is 16.1. The largest absolute Gasteiger partial charge is 0.462 e. The molecule has 0 fully saturated rings. The number of carbonyl (C=O) groups is 1. The highest BCUT2D eigenvalue weighted by molar-refractivity contribution is 9.10. The van der Waals surface area contributed by atoms with Crippen LogP contribution in [0.25, 0.3) is 11.3 Å². The van der Waals surface area contributed by atoms with E-state index < -0.39 is 0 Å². The molecule has 1 aromatic carbocycles. The predicted octanol–water partition coefficient (Wildman–Crippen LogP) is 4.47. The molecule has 104 valence electrons. The van der Waals surface area contributed by atoms with E-state index in [1.807, 2.05) is 24.3 Å². The number of pyridine rings is 1. The molecule has 0 saturated carbocycles. The molecule has 0 N–H and O–H groups in total. The number of esters is 1. The Hall–Kier alpha value is -1.68. The first kappa shape index (κ1) is 14.7. The molecule has 0 saturated heterocycles. The zero-order valence-electron chi connectivity index (χ0n) is 11.3. The molecule has 3 nitrogen and oxygen atoms in total. The van der Waals surface area contributed by atoms with Gasteiger partial charge in [0, 0.05) is 16.2 Å². The normalized spacial score (nSPS) is 10.3. The number of benzene rings is 1. The highest BCUT2D eigenvalue weighted by Crippen LogP contribution is 2.19. The minimum absolute atomic E-state index is 0.270. The van der Waals surface area contributed by atoms with Gasteiger partial charge >= 0.3 is 5.97 Å². The van der Waals surface area contributed by atoms with E-state index in [1.54, 1.807) is 18.3 Å². The van der Waals surface area contributed by atoms with Crippen molar-refractivity contribution in [3.05, 3.63) is 52.6 Å². The third-order valence-corrected chi connectivity index (χ3v) is 3.34. The number of halogens is 1. The molecule has 0 amide bonds. The SMILES string of the molecule is CCCCOC(=O)c1ccc(-c2ccc(Br)cn2)cc1. The fourth-order valence-electron chi connectivity index (χ4n) is 1.72. The maximum atomic E-state index is 11.8. The maximum Gasteiger partial charge on any atom is 0.338 e. The van der Waals surface area contributed by atoms with Crippen LogP contribution in [0.5, 0.6) is 0 Å². The van der Waals surface area contributed by atoms with E-state index in [9.17, 15) is 4.79 Å². The van der Waals surface area contributed by atoms with Gasteiger partial charge in [0.2, 0.25) is 0 Å². The summed E-state index contributed by atoms with van der Waals surface area (Å²) in [6, 6.07) is 11.2. The average molecular weight is 334 g/mol. The van der Waals surface area contributed by atoms with Crippen molar-refractivity contribution >= 4 is 21.9 Å². The second kappa shape index (κ2) is 7.20. The summed E-state index contributed by atoms with van der Waals surface area (Å²) < 4.78 is 6.11. The number of ether oxygens (including phenoxy) is 1. The smallest absolute Gasteiger partial charge is 0.338 e. The molecule has 1 aromatic heterocycles. The van der Waals surface area contributed by atoms with E-state index in [1.165, 1.54) is 0 Å². The van der Waals surface area contributed by atoms with Crippen molar-refractivity contribution in [1.82, 2.24) is 4.98 Å². The van der Waals surface area contributed by atoms with Gasteiger partial charge in [-0.05, 0) is 46.6 Å². The lowest BCUT2D eigenvalue weighted by atomic mass is 10.1. The Morgan fingerprint density at radius 2 is 1.95 bits per heavy atom. The topological polar surface area (TPSA) is 39.2 Å². The standard InChI is InChI=1S/C16H16BrNO2/c1-2-3-10-20-16(19)13-6-4-12(5-7-13)15-9-8-14(17)11-18-15/h4-9,11H,2-3,10H2,1H3. The van der Waals surface area contributed by atoms with Crippen molar-refractivity contribution in [3.63, 3.8) is 0 Å². The molecule has 4 heteroatoms. The minimum Gasteiger partial charge on any atom is -0.462 e. The first-order valence-corrected chi connectivity index (χ1v) is 7.39. The summed E-state index contributed by atoms with van der Waals surface area (Å²) in [5, 5.41) is 0. The van der Waals surface area contributed by atoms with Gasteiger partial charge in [-0.2, -0.15) is 0 Å². The molecule has 0 bridgehead atoms. The Morgan fingerprint density at radius 3 is 2.55 bits per heavy atom. The van der Waals surface area contributed by atoms with Crippen LogP contribution < -0.4 is 0 Å². The fraction of sp³-hybridized carbons (Fsp3) is 0.250. The van der Waals surface area contributed by atoms with E-state index >= 15 is 0 Å². The molecule has 2 rings (SSSR count). The van der Waals surface area contributed by atoms with Gasteiger partial charge in [0.1, 0.15) is 0 Å². The molecule has 0 spiro atoms. The zero-order chi connectivity index (χ0) is 14.4. The third-order valence-electron chi connectivity index (χ3n) is 2.87. The number of aromatic nitrogens is 1. The molecule has 2 aromatic rings. The quantitative estimate of drug-likeness (QED) is 0.598. The van der Waals surface area contributed by atoms with Gasteiger partial charge in [-0.15, -0.1) is 0 Å². The molecule has 0 radical (unpaired) electrons. The van der Waals surface area contributed by atoms with Crippen LogP contribution in [0.4, 0.5) is 0 Å². The van der Waals surface area contributed by atoms with Crippen LogP contribution in [0.3, 0.4) is 0 Å². The van der Waals surface area contributed by atoms with E-state index in [0.717, 1.165) is 28.6 Å². The molecule has 0 aliphatic heterocycles. The third kappa shape index (κ3) is 3.90. The monoisotopic (exact) mass is 333 g/mol.